The minimum absolute atomic E-state index is 0.117. The minimum atomic E-state index is -4.21. The van der Waals surface area contributed by atoms with Crippen molar-refractivity contribution in [1.82, 2.24) is 5.32 Å². The van der Waals surface area contributed by atoms with Crippen molar-refractivity contribution < 1.29 is 18.0 Å². The summed E-state index contributed by atoms with van der Waals surface area (Å²) in [6.45, 7) is 3.82. The molecule has 0 radical (unpaired) electrons. The monoisotopic (exact) mass is 310 g/mol. The third-order valence-corrected chi connectivity index (χ3v) is 4.43. The van der Waals surface area contributed by atoms with Crippen LogP contribution in [-0.4, -0.2) is 23.6 Å². The van der Waals surface area contributed by atoms with E-state index in [1.165, 1.54) is 0 Å². The zero-order chi connectivity index (χ0) is 15.6. The molecule has 3 N–H and O–H groups in total. The van der Waals surface area contributed by atoms with Crippen LogP contribution in [0.25, 0.3) is 0 Å². The lowest BCUT2D eigenvalue weighted by molar-refractivity contribution is -0.186. The number of thiocarbonyl (C=S) groups is 1. The Balaban J connectivity index is 2.54. The number of alkyl halides is 3. The molecule has 3 nitrogen and oxygen atoms in total. The van der Waals surface area contributed by atoms with Gasteiger partial charge in [0.2, 0.25) is 5.91 Å². The summed E-state index contributed by atoms with van der Waals surface area (Å²) in [6, 6.07) is 0. The first-order valence-corrected chi connectivity index (χ1v) is 7.09. The zero-order valence-corrected chi connectivity index (χ0v) is 12.5. The van der Waals surface area contributed by atoms with Gasteiger partial charge >= 0.3 is 6.18 Å². The Hall–Kier alpha value is -0.850. The average Bonchev–Trinajstić information content (AvgIpc) is 2.35. The second-order valence-electron chi connectivity index (χ2n) is 6.07. The Morgan fingerprint density at radius 3 is 2.45 bits per heavy atom. The molecule has 116 valence electrons. The van der Waals surface area contributed by atoms with Crippen LogP contribution >= 0.6 is 12.2 Å². The third-order valence-electron chi connectivity index (χ3n) is 3.88. The van der Waals surface area contributed by atoms with Crippen molar-refractivity contribution in [2.45, 2.75) is 45.7 Å². The Labute approximate surface area is 122 Å². The normalized spacial score (nSPS) is 24.2. The molecule has 1 aliphatic rings. The molecule has 0 aromatic rings. The maximum Gasteiger partial charge on any atom is 0.391 e. The molecule has 1 aliphatic carbocycles. The van der Waals surface area contributed by atoms with Crippen LogP contribution in [0.5, 0.6) is 0 Å². The summed E-state index contributed by atoms with van der Waals surface area (Å²) in [7, 11) is 0. The first-order chi connectivity index (χ1) is 9.04. The van der Waals surface area contributed by atoms with E-state index in [2.05, 4.69) is 5.32 Å². The molecule has 2 unspecified atom stereocenters. The summed E-state index contributed by atoms with van der Waals surface area (Å²) in [5.74, 6) is -2.27. The maximum absolute atomic E-state index is 12.7. The molecule has 0 bridgehead atoms. The maximum atomic E-state index is 12.7. The number of nitrogens with two attached hydrogens (primary N) is 1. The summed E-state index contributed by atoms with van der Waals surface area (Å²) >= 11 is 4.89. The summed E-state index contributed by atoms with van der Waals surface area (Å²) in [6.07, 6.45) is -3.28. The third kappa shape index (κ3) is 4.61. The fourth-order valence-electron chi connectivity index (χ4n) is 2.26. The Morgan fingerprint density at radius 2 is 1.95 bits per heavy atom. The van der Waals surface area contributed by atoms with E-state index in [4.69, 9.17) is 18.0 Å². The molecule has 1 saturated carbocycles. The van der Waals surface area contributed by atoms with E-state index in [1.807, 2.05) is 0 Å². The van der Waals surface area contributed by atoms with Crippen LogP contribution in [0.3, 0.4) is 0 Å². The summed E-state index contributed by atoms with van der Waals surface area (Å²) in [4.78, 5) is 12.3. The van der Waals surface area contributed by atoms with E-state index in [1.54, 1.807) is 13.8 Å². The molecule has 0 aliphatic heterocycles. The zero-order valence-electron chi connectivity index (χ0n) is 11.7. The van der Waals surface area contributed by atoms with Crippen molar-refractivity contribution >= 4 is 23.1 Å². The Kier molecular flexibility index (Phi) is 5.40. The fourth-order valence-corrected chi connectivity index (χ4v) is 2.34. The fraction of sp³-hybridized carbons (Fsp3) is 0.846. The molecule has 2 atom stereocenters. The van der Waals surface area contributed by atoms with Gasteiger partial charge in [-0.25, -0.2) is 0 Å². The van der Waals surface area contributed by atoms with Crippen molar-refractivity contribution in [1.29, 1.82) is 0 Å². The molecule has 1 fully saturated rings. The molecule has 1 amide bonds. The van der Waals surface area contributed by atoms with E-state index in [9.17, 15) is 18.0 Å². The molecule has 0 heterocycles. The number of nitrogens with one attached hydrogen (secondary N) is 1. The summed E-state index contributed by atoms with van der Waals surface area (Å²) in [5, 5.41) is 2.67. The topological polar surface area (TPSA) is 55.1 Å². The van der Waals surface area contributed by atoms with Crippen LogP contribution < -0.4 is 11.1 Å². The number of halogens is 3. The van der Waals surface area contributed by atoms with Crippen LogP contribution in [0.1, 0.15) is 39.5 Å². The average molecular weight is 310 g/mol. The number of hydrogen-bond acceptors (Lipinski definition) is 2. The van der Waals surface area contributed by atoms with Crippen molar-refractivity contribution in [2.75, 3.05) is 6.54 Å². The van der Waals surface area contributed by atoms with Crippen LogP contribution in [0, 0.1) is 17.3 Å². The highest BCUT2D eigenvalue weighted by Gasteiger charge is 2.43. The molecule has 7 heteroatoms. The first kappa shape index (κ1) is 17.2. The molecule has 0 saturated heterocycles. The molecular weight excluding hydrogens is 289 g/mol. The van der Waals surface area contributed by atoms with Crippen molar-refractivity contribution in [2.24, 2.45) is 23.0 Å². The lowest BCUT2D eigenvalue weighted by Gasteiger charge is -2.31. The molecule has 0 spiro atoms. The Morgan fingerprint density at radius 1 is 1.35 bits per heavy atom. The van der Waals surface area contributed by atoms with Crippen LogP contribution in [0.15, 0.2) is 0 Å². The molecule has 20 heavy (non-hydrogen) atoms. The van der Waals surface area contributed by atoms with Gasteiger partial charge in [-0.05, 0) is 19.3 Å². The van der Waals surface area contributed by atoms with Gasteiger partial charge in [0, 0.05) is 17.9 Å². The lowest BCUT2D eigenvalue weighted by Crippen LogP contribution is -2.44. The van der Waals surface area contributed by atoms with E-state index in [0.29, 0.717) is 12.8 Å². The second-order valence-corrected chi connectivity index (χ2v) is 6.51. The highest BCUT2D eigenvalue weighted by molar-refractivity contribution is 7.80. The van der Waals surface area contributed by atoms with Crippen LogP contribution in [0.4, 0.5) is 13.2 Å². The molecule has 0 aromatic heterocycles. The highest BCUT2D eigenvalue weighted by atomic mass is 32.1. The van der Waals surface area contributed by atoms with Crippen LogP contribution in [0.2, 0.25) is 0 Å². The first-order valence-electron chi connectivity index (χ1n) is 6.68. The lowest BCUT2D eigenvalue weighted by atomic mass is 9.80. The number of rotatable bonds is 4. The predicted octanol–water partition coefficient (Wildman–Crippen LogP) is 2.78. The van der Waals surface area contributed by atoms with E-state index in [0.717, 1.165) is 0 Å². The summed E-state index contributed by atoms with van der Waals surface area (Å²) in [5.41, 5.74) is 5.01. The highest BCUT2D eigenvalue weighted by Crippen LogP contribution is 2.39. The van der Waals surface area contributed by atoms with E-state index < -0.39 is 23.4 Å². The second kappa shape index (κ2) is 6.28. The molecule has 0 aromatic carbocycles. The predicted molar refractivity (Wildman–Crippen MR) is 75.1 cm³/mol. The summed E-state index contributed by atoms with van der Waals surface area (Å²) < 4.78 is 38.1. The molecular formula is C13H21F3N2OS. The number of amides is 1. The SMILES string of the molecule is CC(C)(CNC(=O)C1CCCC(C(F)(F)F)C1)C(N)=S. The van der Waals surface area contributed by atoms with Gasteiger partial charge in [-0.1, -0.05) is 32.5 Å². The number of hydrogen-bond donors (Lipinski definition) is 2. The van der Waals surface area contributed by atoms with E-state index in [-0.39, 0.29) is 30.3 Å². The van der Waals surface area contributed by atoms with Gasteiger partial charge < -0.3 is 11.1 Å². The largest absolute Gasteiger partial charge is 0.393 e. The van der Waals surface area contributed by atoms with Crippen LogP contribution in [-0.2, 0) is 4.79 Å². The smallest absolute Gasteiger partial charge is 0.391 e. The van der Waals surface area contributed by atoms with Gasteiger partial charge in [-0.15, -0.1) is 0 Å². The van der Waals surface area contributed by atoms with Gasteiger partial charge in [0.1, 0.15) is 0 Å². The van der Waals surface area contributed by atoms with Gasteiger partial charge in [0.05, 0.1) is 10.9 Å². The van der Waals surface area contributed by atoms with Gasteiger partial charge in [0.25, 0.3) is 0 Å². The Bertz CT molecular complexity index is 382. The van der Waals surface area contributed by atoms with Gasteiger partial charge in [0.15, 0.2) is 0 Å². The van der Waals surface area contributed by atoms with Gasteiger partial charge in [-0.3, -0.25) is 4.79 Å². The van der Waals surface area contributed by atoms with Crippen molar-refractivity contribution in [3.05, 3.63) is 0 Å². The van der Waals surface area contributed by atoms with E-state index >= 15 is 0 Å². The van der Waals surface area contributed by atoms with Gasteiger partial charge in [-0.2, -0.15) is 13.2 Å². The standard InChI is InChI=1S/C13H21F3N2OS/c1-12(2,11(17)20)7-18-10(19)8-4-3-5-9(6-8)13(14,15)16/h8-9H,3-7H2,1-2H3,(H2,17,20)(H,18,19). The minimum Gasteiger partial charge on any atom is -0.393 e. The van der Waals surface area contributed by atoms with Crippen molar-refractivity contribution in [3.8, 4) is 0 Å². The van der Waals surface area contributed by atoms with Crippen molar-refractivity contribution in [3.63, 3.8) is 0 Å². The number of carbonyl (C=O) groups excluding carboxylic acids is 1. The molecule has 1 rings (SSSR count). The number of carbonyl (C=O) groups is 1. The quantitative estimate of drug-likeness (QED) is 0.785.